The van der Waals surface area contributed by atoms with Crippen molar-refractivity contribution in [2.75, 3.05) is 54.0 Å². The van der Waals surface area contributed by atoms with Crippen molar-refractivity contribution in [2.45, 2.75) is 31.7 Å². The average Bonchev–Trinajstić information content (AvgIpc) is 2.42. The van der Waals surface area contributed by atoms with Crippen molar-refractivity contribution in [1.82, 2.24) is 15.1 Å². The summed E-state index contributed by atoms with van der Waals surface area (Å²) in [6.07, 6.45) is 3.90. The van der Waals surface area contributed by atoms with E-state index in [1.54, 1.807) is 7.11 Å². The molecule has 1 rings (SSSR count). The molecule has 0 bridgehead atoms. The van der Waals surface area contributed by atoms with Crippen LogP contribution >= 0.6 is 0 Å². The van der Waals surface area contributed by atoms with Gasteiger partial charge in [0.15, 0.2) is 0 Å². The molecule has 0 atom stereocenters. The number of amides is 1. The van der Waals surface area contributed by atoms with Crippen LogP contribution in [-0.2, 0) is 9.53 Å². The second kappa shape index (κ2) is 9.28. The number of piperidine rings is 1. The maximum absolute atomic E-state index is 11.7. The summed E-state index contributed by atoms with van der Waals surface area (Å²) in [7, 11) is 5.98. The zero-order valence-electron chi connectivity index (χ0n) is 12.7. The van der Waals surface area contributed by atoms with Crippen LogP contribution in [0.3, 0.4) is 0 Å². The van der Waals surface area contributed by atoms with Gasteiger partial charge in [-0.15, -0.1) is 0 Å². The van der Waals surface area contributed by atoms with Crippen LogP contribution < -0.4 is 5.32 Å². The van der Waals surface area contributed by atoms with Gasteiger partial charge in [0, 0.05) is 39.3 Å². The zero-order valence-corrected chi connectivity index (χ0v) is 12.7. The minimum absolute atomic E-state index is 0.149. The molecule has 0 saturated carbocycles. The van der Waals surface area contributed by atoms with Gasteiger partial charge in [0.05, 0.1) is 0 Å². The number of nitrogens with zero attached hydrogens (tertiary/aromatic N) is 2. The van der Waals surface area contributed by atoms with Gasteiger partial charge in [0.25, 0.3) is 0 Å². The number of rotatable bonds is 8. The van der Waals surface area contributed by atoms with Crippen molar-refractivity contribution in [1.29, 1.82) is 0 Å². The second-order valence-corrected chi connectivity index (χ2v) is 5.46. The molecule has 1 aliphatic heterocycles. The molecule has 1 aliphatic rings. The molecule has 1 saturated heterocycles. The van der Waals surface area contributed by atoms with Gasteiger partial charge in [0.1, 0.15) is 0 Å². The molecule has 0 radical (unpaired) electrons. The van der Waals surface area contributed by atoms with Crippen molar-refractivity contribution < 1.29 is 9.53 Å². The predicted molar refractivity (Wildman–Crippen MR) is 77.3 cm³/mol. The fraction of sp³-hybridized carbons (Fsp3) is 0.929. The molecule has 1 N–H and O–H groups in total. The summed E-state index contributed by atoms with van der Waals surface area (Å²) in [5.74, 6) is 0.149. The third kappa shape index (κ3) is 6.89. The molecule has 5 heteroatoms. The number of hydrogen-bond donors (Lipinski definition) is 1. The first kappa shape index (κ1) is 16.4. The first-order chi connectivity index (χ1) is 9.13. The summed E-state index contributed by atoms with van der Waals surface area (Å²) in [5.41, 5.74) is 0. The monoisotopic (exact) mass is 271 g/mol. The van der Waals surface area contributed by atoms with E-state index in [1.807, 2.05) is 0 Å². The molecule has 1 fully saturated rings. The summed E-state index contributed by atoms with van der Waals surface area (Å²) >= 11 is 0. The Labute approximate surface area is 117 Å². The summed E-state index contributed by atoms with van der Waals surface area (Å²) < 4.78 is 4.95. The van der Waals surface area contributed by atoms with E-state index in [0.29, 0.717) is 25.6 Å². The van der Waals surface area contributed by atoms with Crippen LogP contribution in [0.1, 0.15) is 25.7 Å². The second-order valence-electron chi connectivity index (χ2n) is 5.46. The maximum atomic E-state index is 11.7. The standard InChI is InChI=1S/C14H29N3O2/c1-16-9-5-13(6-10-16)17(2)11-7-14(18)15-8-4-12-19-3/h13H,4-12H2,1-3H3,(H,15,18). The van der Waals surface area contributed by atoms with E-state index >= 15 is 0 Å². The lowest BCUT2D eigenvalue weighted by atomic mass is 10.0. The van der Waals surface area contributed by atoms with Crippen LogP contribution in [0.4, 0.5) is 0 Å². The van der Waals surface area contributed by atoms with Gasteiger partial charge in [-0.25, -0.2) is 0 Å². The number of carbonyl (C=O) groups is 1. The Hall–Kier alpha value is -0.650. The number of ether oxygens (including phenoxy) is 1. The molecule has 5 nitrogen and oxygen atoms in total. The Morgan fingerprint density at radius 3 is 2.74 bits per heavy atom. The molecule has 19 heavy (non-hydrogen) atoms. The lowest BCUT2D eigenvalue weighted by molar-refractivity contribution is -0.121. The molecule has 1 amide bonds. The fourth-order valence-electron chi connectivity index (χ4n) is 2.43. The fourth-order valence-corrected chi connectivity index (χ4v) is 2.43. The van der Waals surface area contributed by atoms with E-state index in [9.17, 15) is 4.79 Å². The number of carbonyl (C=O) groups excluding carboxylic acids is 1. The van der Waals surface area contributed by atoms with Gasteiger partial charge in [-0.05, 0) is 46.4 Å². The first-order valence-electron chi connectivity index (χ1n) is 7.28. The Balaban J connectivity index is 2.08. The van der Waals surface area contributed by atoms with E-state index in [-0.39, 0.29) is 5.91 Å². The third-order valence-corrected chi connectivity index (χ3v) is 3.85. The Morgan fingerprint density at radius 2 is 2.11 bits per heavy atom. The van der Waals surface area contributed by atoms with Crippen LogP contribution in [0, 0.1) is 0 Å². The molecule has 0 aliphatic carbocycles. The molecule has 0 aromatic carbocycles. The van der Waals surface area contributed by atoms with Crippen LogP contribution in [-0.4, -0.2) is 75.7 Å². The number of nitrogens with one attached hydrogen (secondary N) is 1. The topological polar surface area (TPSA) is 44.8 Å². The van der Waals surface area contributed by atoms with Crippen molar-refractivity contribution in [3.8, 4) is 0 Å². The number of hydrogen-bond acceptors (Lipinski definition) is 4. The normalized spacial score (nSPS) is 17.9. The molecule has 0 unspecified atom stereocenters. The summed E-state index contributed by atoms with van der Waals surface area (Å²) in [6, 6.07) is 0.637. The Kier molecular flexibility index (Phi) is 8.02. The zero-order chi connectivity index (χ0) is 14.1. The van der Waals surface area contributed by atoms with E-state index in [1.165, 1.54) is 12.8 Å². The Bertz CT molecular complexity index is 253. The van der Waals surface area contributed by atoms with Gasteiger partial charge in [-0.3, -0.25) is 4.79 Å². The van der Waals surface area contributed by atoms with Crippen molar-refractivity contribution >= 4 is 5.91 Å². The smallest absolute Gasteiger partial charge is 0.221 e. The van der Waals surface area contributed by atoms with Crippen LogP contribution in [0.25, 0.3) is 0 Å². The van der Waals surface area contributed by atoms with Crippen LogP contribution in [0.2, 0.25) is 0 Å². The number of likely N-dealkylation sites (tertiary alicyclic amines) is 1. The predicted octanol–water partition coefficient (Wildman–Crippen LogP) is 0.555. The highest BCUT2D eigenvalue weighted by molar-refractivity contribution is 5.75. The van der Waals surface area contributed by atoms with Crippen LogP contribution in [0.15, 0.2) is 0 Å². The molecule has 0 spiro atoms. The summed E-state index contributed by atoms with van der Waals surface area (Å²) in [5, 5.41) is 2.93. The minimum atomic E-state index is 0.149. The highest BCUT2D eigenvalue weighted by Crippen LogP contribution is 2.13. The molecule has 1 heterocycles. The lowest BCUT2D eigenvalue weighted by Crippen LogP contribution is -2.43. The lowest BCUT2D eigenvalue weighted by Gasteiger charge is -2.35. The quantitative estimate of drug-likeness (QED) is 0.655. The molecular formula is C14H29N3O2. The van der Waals surface area contributed by atoms with Crippen molar-refractivity contribution in [2.24, 2.45) is 0 Å². The number of methoxy groups -OCH3 is 1. The largest absolute Gasteiger partial charge is 0.385 e. The summed E-state index contributed by atoms with van der Waals surface area (Å²) in [6.45, 7) is 4.60. The average molecular weight is 271 g/mol. The van der Waals surface area contributed by atoms with Crippen LogP contribution in [0.5, 0.6) is 0 Å². The summed E-state index contributed by atoms with van der Waals surface area (Å²) in [4.78, 5) is 16.4. The highest BCUT2D eigenvalue weighted by atomic mass is 16.5. The van der Waals surface area contributed by atoms with E-state index in [4.69, 9.17) is 4.74 Å². The first-order valence-corrected chi connectivity index (χ1v) is 7.28. The minimum Gasteiger partial charge on any atom is -0.385 e. The van der Waals surface area contributed by atoms with E-state index < -0.39 is 0 Å². The van der Waals surface area contributed by atoms with Gasteiger partial charge < -0.3 is 19.9 Å². The molecule has 0 aromatic heterocycles. The van der Waals surface area contributed by atoms with Crippen molar-refractivity contribution in [3.05, 3.63) is 0 Å². The van der Waals surface area contributed by atoms with Gasteiger partial charge in [-0.1, -0.05) is 0 Å². The maximum Gasteiger partial charge on any atom is 0.221 e. The van der Waals surface area contributed by atoms with Crippen molar-refractivity contribution in [3.63, 3.8) is 0 Å². The van der Waals surface area contributed by atoms with Gasteiger partial charge in [-0.2, -0.15) is 0 Å². The molecule has 112 valence electrons. The highest BCUT2D eigenvalue weighted by Gasteiger charge is 2.20. The Morgan fingerprint density at radius 1 is 1.42 bits per heavy atom. The van der Waals surface area contributed by atoms with E-state index in [0.717, 1.165) is 26.1 Å². The van der Waals surface area contributed by atoms with E-state index in [2.05, 4.69) is 29.2 Å². The molecule has 0 aromatic rings. The van der Waals surface area contributed by atoms with Gasteiger partial charge in [0.2, 0.25) is 5.91 Å². The molecular weight excluding hydrogens is 242 g/mol. The third-order valence-electron chi connectivity index (χ3n) is 3.85. The SMILES string of the molecule is COCCCNC(=O)CCN(C)C1CCN(C)CC1. The van der Waals surface area contributed by atoms with Gasteiger partial charge >= 0.3 is 0 Å².